The van der Waals surface area contributed by atoms with Gasteiger partial charge in [-0.05, 0) is 23.8 Å². The summed E-state index contributed by atoms with van der Waals surface area (Å²) in [5, 5.41) is 12.1. The van der Waals surface area contributed by atoms with Crippen LogP contribution in [0.4, 0.5) is 0 Å². The summed E-state index contributed by atoms with van der Waals surface area (Å²) in [6.07, 6.45) is 2.67. The molecule has 1 atom stereocenters. The molecule has 1 aromatic rings. The number of ether oxygens (including phenoxy) is 1. The second-order valence-electron chi connectivity index (χ2n) is 3.77. The Kier molecular flexibility index (Phi) is 6.51. The first-order valence-electron chi connectivity index (χ1n) is 5.60. The van der Waals surface area contributed by atoms with E-state index in [1.165, 1.54) is 19.3 Å². The van der Waals surface area contributed by atoms with E-state index >= 15 is 0 Å². The smallest absolute Gasteiger partial charge is 0.330 e. The molecule has 1 rings (SSSR count). The van der Waals surface area contributed by atoms with Crippen LogP contribution in [0.5, 0.6) is 0 Å². The predicted molar refractivity (Wildman–Crippen MR) is 76.5 cm³/mol. The van der Waals surface area contributed by atoms with E-state index in [0.29, 0.717) is 15.6 Å². The number of hydrogen-bond donors (Lipinski definition) is 2. The topological polar surface area (TPSA) is 75.6 Å². The number of nitrogens with one attached hydrogen (secondary N) is 1. The Bertz CT molecular complexity index is 531. The van der Waals surface area contributed by atoms with Crippen molar-refractivity contribution in [2.45, 2.75) is 6.04 Å². The highest BCUT2D eigenvalue weighted by atomic mass is 35.5. The van der Waals surface area contributed by atoms with Gasteiger partial charge in [0.2, 0.25) is 5.91 Å². The minimum Gasteiger partial charge on any atom is -0.467 e. The molecule has 0 bridgehead atoms. The van der Waals surface area contributed by atoms with E-state index in [1.54, 1.807) is 18.2 Å². The van der Waals surface area contributed by atoms with Gasteiger partial charge in [0, 0.05) is 16.1 Å². The summed E-state index contributed by atoms with van der Waals surface area (Å²) < 4.78 is 4.43. The number of methoxy groups -OCH3 is 1. The maximum atomic E-state index is 11.6. The van der Waals surface area contributed by atoms with Gasteiger partial charge in [0.25, 0.3) is 0 Å². The lowest BCUT2D eigenvalue weighted by Gasteiger charge is -2.12. The van der Waals surface area contributed by atoms with Crippen molar-refractivity contribution in [1.29, 1.82) is 0 Å². The molecule has 0 aliphatic carbocycles. The van der Waals surface area contributed by atoms with Gasteiger partial charge >= 0.3 is 5.97 Å². The molecule has 1 aromatic carbocycles. The first-order valence-corrected chi connectivity index (χ1v) is 6.36. The minimum atomic E-state index is -1.10. The van der Waals surface area contributed by atoms with Crippen LogP contribution in [0.1, 0.15) is 5.56 Å². The number of benzene rings is 1. The van der Waals surface area contributed by atoms with E-state index in [4.69, 9.17) is 28.3 Å². The van der Waals surface area contributed by atoms with Crippen molar-refractivity contribution >= 4 is 41.2 Å². The number of hydrogen-bond acceptors (Lipinski definition) is 4. The first-order chi connectivity index (χ1) is 9.47. The van der Waals surface area contributed by atoms with Crippen molar-refractivity contribution in [2.75, 3.05) is 13.7 Å². The van der Waals surface area contributed by atoms with Gasteiger partial charge in [0.05, 0.1) is 13.7 Å². The third-order valence-electron chi connectivity index (χ3n) is 2.36. The number of carbonyl (C=O) groups is 2. The largest absolute Gasteiger partial charge is 0.467 e. The third-order valence-corrected chi connectivity index (χ3v) is 2.92. The monoisotopic (exact) mass is 317 g/mol. The van der Waals surface area contributed by atoms with Crippen LogP contribution in [-0.2, 0) is 14.3 Å². The highest BCUT2D eigenvalue weighted by molar-refractivity contribution is 6.35. The van der Waals surface area contributed by atoms with Crippen molar-refractivity contribution in [1.82, 2.24) is 5.32 Å². The van der Waals surface area contributed by atoms with Gasteiger partial charge in [0.15, 0.2) is 6.04 Å². The summed E-state index contributed by atoms with van der Waals surface area (Å²) in [6.45, 7) is -0.548. The summed E-state index contributed by atoms with van der Waals surface area (Å²) in [7, 11) is 1.17. The van der Waals surface area contributed by atoms with Crippen molar-refractivity contribution < 1.29 is 19.4 Å². The van der Waals surface area contributed by atoms with Crippen LogP contribution in [0.2, 0.25) is 10.0 Å². The lowest BCUT2D eigenvalue weighted by atomic mass is 10.2. The number of aliphatic hydroxyl groups excluding tert-OH is 1. The highest BCUT2D eigenvalue weighted by Crippen LogP contribution is 2.21. The van der Waals surface area contributed by atoms with E-state index in [0.717, 1.165) is 0 Å². The number of halogens is 2. The van der Waals surface area contributed by atoms with Crippen molar-refractivity contribution in [2.24, 2.45) is 0 Å². The average molecular weight is 318 g/mol. The molecule has 0 saturated carbocycles. The Morgan fingerprint density at radius 1 is 1.45 bits per heavy atom. The van der Waals surface area contributed by atoms with Crippen molar-refractivity contribution in [3.05, 3.63) is 39.9 Å². The van der Waals surface area contributed by atoms with Crippen LogP contribution in [0, 0.1) is 0 Å². The maximum Gasteiger partial charge on any atom is 0.330 e. The Morgan fingerprint density at radius 2 is 2.15 bits per heavy atom. The predicted octanol–water partition coefficient (Wildman–Crippen LogP) is 1.66. The molecule has 0 heterocycles. The molecule has 0 aromatic heterocycles. The number of aliphatic hydroxyl groups is 1. The standard InChI is InChI=1S/C13H13Cl2NO4/c1-20-13(19)11(7-17)16-12(18)5-3-8-2-4-9(14)6-10(8)15/h2-6,11,17H,7H2,1H3,(H,16,18)/b5-3+/t11-/m1/s1. The fourth-order valence-electron chi connectivity index (χ4n) is 1.34. The second kappa shape index (κ2) is 7.89. The van der Waals surface area contributed by atoms with Crippen LogP contribution < -0.4 is 5.32 Å². The normalized spacial score (nSPS) is 12.2. The summed E-state index contributed by atoms with van der Waals surface area (Å²) in [5.74, 6) is -1.28. The quantitative estimate of drug-likeness (QED) is 0.639. The fourth-order valence-corrected chi connectivity index (χ4v) is 1.81. The molecule has 0 aliphatic rings. The summed E-state index contributed by atoms with van der Waals surface area (Å²) in [6, 6.07) is 3.73. The van der Waals surface area contributed by atoms with E-state index in [-0.39, 0.29) is 0 Å². The zero-order chi connectivity index (χ0) is 15.1. The molecule has 0 aliphatic heterocycles. The van der Waals surface area contributed by atoms with Crippen molar-refractivity contribution in [3.63, 3.8) is 0 Å². The summed E-state index contributed by atoms with van der Waals surface area (Å²) >= 11 is 11.7. The zero-order valence-electron chi connectivity index (χ0n) is 10.6. The van der Waals surface area contributed by atoms with Crippen LogP contribution in [0.3, 0.4) is 0 Å². The molecule has 0 unspecified atom stereocenters. The SMILES string of the molecule is COC(=O)[C@@H](CO)NC(=O)/C=C/c1ccc(Cl)cc1Cl. The van der Waals surface area contributed by atoms with Gasteiger partial charge in [0.1, 0.15) is 0 Å². The fraction of sp³-hybridized carbons (Fsp3) is 0.231. The molecule has 0 saturated heterocycles. The lowest BCUT2D eigenvalue weighted by molar-refractivity contribution is -0.145. The van der Waals surface area contributed by atoms with E-state index in [1.807, 2.05) is 0 Å². The van der Waals surface area contributed by atoms with Crippen LogP contribution in [-0.4, -0.2) is 36.7 Å². The lowest BCUT2D eigenvalue weighted by Crippen LogP contribution is -2.43. The molecule has 2 N–H and O–H groups in total. The Morgan fingerprint density at radius 3 is 2.70 bits per heavy atom. The second-order valence-corrected chi connectivity index (χ2v) is 4.61. The van der Waals surface area contributed by atoms with E-state index < -0.39 is 24.5 Å². The molecule has 108 valence electrons. The van der Waals surface area contributed by atoms with E-state index in [2.05, 4.69) is 10.1 Å². The Balaban J connectivity index is 2.70. The van der Waals surface area contributed by atoms with Gasteiger partial charge < -0.3 is 15.2 Å². The molecule has 0 fully saturated rings. The molecule has 5 nitrogen and oxygen atoms in total. The molecule has 20 heavy (non-hydrogen) atoms. The van der Waals surface area contributed by atoms with Gasteiger partial charge in [-0.1, -0.05) is 29.3 Å². The molecule has 7 heteroatoms. The van der Waals surface area contributed by atoms with Gasteiger partial charge in [-0.15, -0.1) is 0 Å². The third kappa shape index (κ3) is 4.85. The Labute approximate surface area is 126 Å². The molecule has 0 radical (unpaired) electrons. The van der Waals surface area contributed by atoms with Gasteiger partial charge in [-0.3, -0.25) is 4.79 Å². The molecular formula is C13H13Cl2NO4. The average Bonchev–Trinajstić information content (AvgIpc) is 2.43. The summed E-state index contributed by atoms with van der Waals surface area (Å²) in [5.41, 5.74) is 0.602. The number of esters is 1. The molecular weight excluding hydrogens is 305 g/mol. The first kappa shape index (κ1) is 16.5. The van der Waals surface area contributed by atoms with Crippen LogP contribution in [0.15, 0.2) is 24.3 Å². The minimum absolute atomic E-state index is 0.397. The van der Waals surface area contributed by atoms with E-state index in [9.17, 15) is 9.59 Å². The maximum absolute atomic E-state index is 11.6. The highest BCUT2D eigenvalue weighted by Gasteiger charge is 2.19. The van der Waals surface area contributed by atoms with Crippen LogP contribution in [0.25, 0.3) is 6.08 Å². The summed E-state index contributed by atoms with van der Waals surface area (Å²) in [4.78, 5) is 22.8. The number of rotatable bonds is 5. The Hall–Kier alpha value is -1.56. The molecule has 1 amide bonds. The van der Waals surface area contributed by atoms with Gasteiger partial charge in [-0.2, -0.15) is 0 Å². The van der Waals surface area contributed by atoms with Crippen molar-refractivity contribution in [3.8, 4) is 0 Å². The zero-order valence-corrected chi connectivity index (χ0v) is 12.1. The number of amides is 1. The molecule has 0 spiro atoms. The number of carbonyl (C=O) groups excluding carboxylic acids is 2. The van der Waals surface area contributed by atoms with Crippen LogP contribution >= 0.6 is 23.2 Å². The van der Waals surface area contributed by atoms with Gasteiger partial charge in [-0.25, -0.2) is 4.79 Å².